The summed E-state index contributed by atoms with van der Waals surface area (Å²) >= 11 is 0. The van der Waals surface area contributed by atoms with Gasteiger partial charge in [0.05, 0.1) is 62.8 Å². The fourth-order valence-electron chi connectivity index (χ4n) is 5.30. The molecule has 0 fully saturated rings. The Morgan fingerprint density at radius 3 is 1.50 bits per heavy atom. The molecule has 3 aromatic rings. The van der Waals surface area contributed by atoms with Crippen LogP contribution in [0.2, 0.25) is 0 Å². The zero-order valence-electron chi connectivity index (χ0n) is 25.2. The van der Waals surface area contributed by atoms with Crippen molar-refractivity contribution in [3.05, 3.63) is 53.1 Å². The molecule has 0 radical (unpaired) electrons. The second-order valence-corrected chi connectivity index (χ2v) is 9.24. The highest BCUT2D eigenvalue weighted by Gasteiger charge is 2.47. The normalized spacial score (nSPS) is 17.2. The molecule has 3 aromatic carbocycles. The van der Waals surface area contributed by atoms with E-state index in [0.29, 0.717) is 68.4 Å². The van der Waals surface area contributed by atoms with Crippen LogP contribution in [0, 0.1) is 0 Å². The van der Waals surface area contributed by atoms with E-state index in [1.807, 2.05) is 0 Å². The number of ether oxygens (including phenoxy) is 10. The van der Waals surface area contributed by atoms with Crippen molar-refractivity contribution in [3.63, 3.8) is 0 Å². The lowest BCUT2D eigenvalue weighted by atomic mass is 9.78. The lowest BCUT2D eigenvalue weighted by Gasteiger charge is -2.41. The van der Waals surface area contributed by atoms with E-state index >= 15 is 0 Å². The fraction of sp³-hybridized carbons (Fsp3) is 0.387. The van der Waals surface area contributed by atoms with Gasteiger partial charge in [-0.05, 0) is 12.1 Å². The van der Waals surface area contributed by atoms with Crippen LogP contribution >= 0.6 is 0 Å². The Morgan fingerprint density at radius 1 is 0.595 bits per heavy atom. The SMILES string of the molecule is COc1cc(OC)c([C@@H]2c3c(OC)cc(OC)cc3O[C@H](c3cc(OC)c(OC)c(OC)c3)[C@H]2OC(C)=O)c(OC)c1. The summed E-state index contributed by atoms with van der Waals surface area (Å²) in [6.07, 6.45) is -1.82. The van der Waals surface area contributed by atoms with Crippen LogP contribution in [0.15, 0.2) is 36.4 Å². The Balaban J connectivity index is 2.11. The molecule has 1 aliphatic heterocycles. The molecule has 11 nitrogen and oxygen atoms in total. The second kappa shape index (κ2) is 12.9. The number of rotatable bonds is 11. The number of benzene rings is 3. The number of fused-ring (bicyclic) bond motifs is 1. The minimum atomic E-state index is -0.948. The number of hydrogen-bond donors (Lipinski definition) is 0. The van der Waals surface area contributed by atoms with E-state index in [0.717, 1.165) is 0 Å². The van der Waals surface area contributed by atoms with Crippen LogP contribution < -0.4 is 42.6 Å². The molecule has 226 valence electrons. The summed E-state index contributed by atoms with van der Waals surface area (Å²) in [6.45, 7) is 1.34. The maximum atomic E-state index is 12.7. The average molecular weight is 585 g/mol. The van der Waals surface area contributed by atoms with Crippen LogP contribution in [-0.4, -0.2) is 69.0 Å². The van der Waals surface area contributed by atoms with Crippen molar-refractivity contribution in [1.82, 2.24) is 0 Å². The Bertz CT molecular complexity index is 1380. The minimum absolute atomic E-state index is 0.405. The molecule has 11 heteroatoms. The van der Waals surface area contributed by atoms with E-state index in [2.05, 4.69) is 0 Å². The van der Waals surface area contributed by atoms with E-state index in [9.17, 15) is 4.79 Å². The molecule has 0 saturated heterocycles. The van der Waals surface area contributed by atoms with Gasteiger partial charge in [-0.2, -0.15) is 0 Å². The van der Waals surface area contributed by atoms with E-state index in [1.165, 1.54) is 28.3 Å². The summed E-state index contributed by atoms with van der Waals surface area (Å²) in [5.74, 6) is 2.80. The molecular weight excluding hydrogens is 548 g/mol. The van der Waals surface area contributed by atoms with Crippen LogP contribution in [-0.2, 0) is 9.53 Å². The van der Waals surface area contributed by atoms with Crippen molar-refractivity contribution in [1.29, 1.82) is 0 Å². The molecule has 1 heterocycles. The molecule has 42 heavy (non-hydrogen) atoms. The third-order valence-electron chi connectivity index (χ3n) is 7.11. The first-order valence-electron chi connectivity index (χ1n) is 13.0. The number of methoxy groups -OCH3 is 8. The minimum Gasteiger partial charge on any atom is -0.496 e. The Kier molecular flexibility index (Phi) is 9.29. The van der Waals surface area contributed by atoms with E-state index in [1.54, 1.807) is 71.9 Å². The molecular formula is C31H36O11. The Morgan fingerprint density at radius 2 is 1.07 bits per heavy atom. The molecule has 3 atom stereocenters. The van der Waals surface area contributed by atoms with E-state index < -0.39 is 24.1 Å². The summed E-state index contributed by atoms with van der Waals surface area (Å²) in [5, 5.41) is 0. The van der Waals surface area contributed by atoms with Crippen LogP contribution in [0.4, 0.5) is 0 Å². The Labute approximate surface area is 245 Å². The van der Waals surface area contributed by atoms with Crippen molar-refractivity contribution in [3.8, 4) is 51.7 Å². The van der Waals surface area contributed by atoms with Gasteiger partial charge in [0.25, 0.3) is 0 Å². The largest absolute Gasteiger partial charge is 0.496 e. The highest BCUT2D eigenvalue weighted by Crippen LogP contribution is 2.56. The molecule has 0 unspecified atom stereocenters. The molecule has 1 aliphatic rings. The quantitative estimate of drug-likeness (QED) is 0.286. The predicted molar refractivity (Wildman–Crippen MR) is 153 cm³/mol. The molecule has 4 rings (SSSR count). The van der Waals surface area contributed by atoms with Gasteiger partial charge in [-0.3, -0.25) is 4.79 Å². The lowest BCUT2D eigenvalue weighted by molar-refractivity contribution is -0.153. The van der Waals surface area contributed by atoms with Gasteiger partial charge < -0.3 is 47.4 Å². The summed E-state index contributed by atoms with van der Waals surface area (Å²) in [4.78, 5) is 12.7. The third kappa shape index (κ3) is 5.46. The van der Waals surface area contributed by atoms with Gasteiger partial charge in [0.2, 0.25) is 5.75 Å². The monoisotopic (exact) mass is 584 g/mol. The van der Waals surface area contributed by atoms with Gasteiger partial charge in [0, 0.05) is 47.9 Å². The lowest BCUT2D eigenvalue weighted by Crippen LogP contribution is -2.39. The molecule has 0 saturated carbocycles. The molecule has 0 spiro atoms. The molecule has 0 bridgehead atoms. The zero-order valence-corrected chi connectivity index (χ0v) is 25.2. The summed E-state index contributed by atoms with van der Waals surface area (Å²) in [6, 6.07) is 10.5. The highest BCUT2D eigenvalue weighted by atomic mass is 16.6. The predicted octanol–water partition coefficient (Wildman–Crippen LogP) is 4.95. The first-order valence-corrected chi connectivity index (χ1v) is 13.0. The number of carbonyl (C=O) groups is 1. The van der Waals surface area contributed by atoms with Crippen LogP contribution in [0.1, 0.15) is 35.6 Å². The molecule has 0 aromatic heterocycles. The van der Waals surface area contributed by atoms with Crippen molar-refractivity contribution < 1.29 is 52.2 Å². The number of carbonyl (C=O) groups excluding carboxylic acids is 1. The van der Waals surface area contributed by atoms with Crippen LogP contribution in [0.3, 0.4) is 0 Å². The van der Waals surface area contributed by atoms with Gasteiger partial charge in [-0.15, -0.1) is 0 Å². The maximum Gasteiger partial charge on any atom is 0.303 e. The van der Waals surface area contributed by atoms with Crippen LogP contribution in [0.5, 0.6) is 51.7 Å². The van der Waals surface area contributed by atoms with E-state index in [-0.39, 0.29) is 0 Å². The first kappa shape index (κ1) is 30.3. The van der Waals surface area contributed by atoms with Crippen molar-refractivity contribution in [2.75, 3.05) is 56.9 Å². The van der Waals surface area contributed by atoms with Gasteiger partial charge in [0.15, 0.2) is 23.7 Å². The van der Waals surface area contributed by atoms with Crippen LogP contribution in [0.25, 0.3) is 0 Å². The maximum absolute atomic E-state index is 12.7. The van der Waals surface area contributed by atoms with Gasteiger partial charge in [-0.25, -0.2) is 0 Å². The molecule has 0 aliphatic carbocycles. The second-order valence-electron chi connectivity index (χ2n) is 9.24. The molecule has 0 amide bonds. The number of esters is 1. The van der Waals surface area contributed by atoms with Crippen molar-refractivity contribution in [2.24, 2.45) is 0 Å². The van der Waals surface area contributed by atoms with Gasteiger partial charge >= 0.3 is 5.97 Å². The first-order chi connectivity index (χ1) is 20.3. The van der Waals surface area contributed by atoms with E-state index in [4.69, 9.17) is 47.4 Å². The molecule has 0 N–H and O–H groups in total. The van der Waals surface area contributed by atoms with Crippen molar-refractivity contribution in [2.45, 2.75) is 25.0 Å². The topological polar surface area (TPSA) is 109 Å². The summed E-state index contributed by atoms with van der Waals surface area (Å²) in [7, 11) is 12.3. The number of hydrogen-bond acceptors (Lipinski definition) is 11. The highest BCUT2D eigenvalue weighted by molar-refractivity contribution is 5.69. The summed E-state index contributed by atoms with van der Waals surface area (Å²) < 4.78 is 58.1. The van der Waals surface area contributed by atoms with Gasteiger partial charge in [-0.1, -0.05) is 0 Å². The smallest absolute Gasteiger partial charge is 0.303 e. The standard InChI is InChI=1S/C31H36O11/c1-16(32)41-31-28(26-20(35-4)12-18(33-2)13-21(26)36-5)27-22(37-6)14-19(34-3)15-23(27)42-29(31)17-10-24(38-7)30(40-9)25(11-17)39-8/h10-15,28-29,31H,1-9H3/t28-,29-,31+/m1/s1. The summed E-state index contributed by atoms with van der Waals surface area (Å²) in [5.41, 5.74) is 1.80. The average Bonchev–Trinajstić information content (AvgIpc) is 3.02. The third-order valence-corrected chi connectivity index (χ3v) is 7.11. The zero-order chi connectivity index (χ0) is 30.6. The Hall–Kier alpha value is -4.67. The van der Waals surface area contributed by atoms with Crippen molar-refractivity contribution >= 4 is 5.97 Å². The fourth-order valence-corrected chi connectivity index (χ4v) is 5.30. The van der Waals surface area contributed by atoms with Gasteiger partial charge in [0.1, 0.15) is 34.5 Å².